The van der Waals surface area contributed by atoms with Crippen LogP contribution in [0.2, 0.25) is 0 Å². The summed E-state index contributed by atoms with van der Waals surface area (Å²) >= 11 is 0. The topological polar surface area (TPSA) is 69.6 Å². The van der Waals surface area contributed by atoms with Crippen LogP contribution >= 0.6 is 0 Å². The van der Waals surface area contributed by atoms with Gasteiger partial charge in [0.25, 0.3) is 0 Å². The minimum absolute atomic E-state index is 0.154. The summed E-state index contributed by atoms with van der Waals surface area (Å²) < 4.78 is 0. The van der Waals surface area contributed by atoms with E-state index in [1.165, 1.54) is 0 Å². The van der Waals surface area contributed by atoms with Gasteiger partial charge in [-0.2, -0.15) is 0 Å². The van der Waals surface area contributed by atoms with Crippen LogP contribution in [0, 0.1) is 18.3 Å². The molecule has 5 nitrogen and oxygen atoms in total. The summed E-state index contributed by atoms with van der Waals surface area (Å²) in [6, 6.07) is 0. The van der Waals surface area contributed by atoms with E-state index < -0.39 is 5.97 Å². The van der Waals surface area contributed by atoms with Gasteiger partial charge in [-0.3, -0.25) is 14.5 Å². The lowest BCUT2D eigenvalue weighted by atomic mass is 10.1. The summed E-state index contributed by atoms with van der Waals surface area (Å²) in [5.41, 5.74) is 0. The number of hydrogen-bond acceptors (Lipinski definition) is 3. The standard InChI is InChI=1S/C10H14N2O3/c1-2-4-11-9(13)7-12-5-3-8(6-12)10(14)15/h1,8H,3-7H2,(H,11,13)(H,14,15). The normalized spacial score (nSPS) is 20.9. The molecule has 1 amide bonds. The van der Waals surface area contributed by atoms with Crippen molar-refractivity contribution in [1.82, 2.24) is 10.2 Å². The third-order valence-electron chi connectivity index (χ3n) is 2.38. The molecule has 5 heteroatoms. The lowest BCUT2D eigenvalue weighted by molar-refractivity contribution is -0.141. The SMILES string of the molecule is C#CCNC(=O)CN1CCC(C(=O)O)C1. The molecule has 1 aliphatic rings. The maximum Gasteiger partial charge on any atom is 0.307 e. The molecule has 1 rings (SSSR count). The van der Waals surface area contributed by atoms with Crippen molar-refractivity contribution in [2.24, 2.45) is 5.92 Å². The van der Waals surface area contributed by atoms with Gasteiger partial charge in [-0.1, -0.05) is 5.92 Å². The van der Waals surface area contributed by atoms with Crippen LogP contribution in [0.5, 0.6) is 0 Å². The van der Waals surface area contributed by atoms with Gasteiger partial charge in [-0.05, 0) is 13.0 Å². The Kier molecular flexibility index (Phi) is 4.13. The van der Waals surface area contributed by atoms with Crippen molar-refractivity contribution in [3.63, 3.8) is 0 Å². The zero-order chi connectivity index (χ0) is 11.3. The number of carboxylic acid groups (broad SMARTS) is 1. The largest absolute Gasteiger partial charge is 0.481 e. The zero-order valence-electron chi connectivity index (χ0n) is 8.40. The second-order valence-corrected chi connectivity index (χ2v) is 3.54. The van der Waals surface area contributed by atoms with Crippen molar-refractivity contribution >= 4 is 11.9 Å². The molecule has 0 aliphatic carbocycles. The Bertz CT molecular complexity index is 296. The molecule has 1 atom stereocenters. The Hall–Kier alpha value is -1.54. The Morgan fingerprint density at radius 1 is 1.60 bits per heavy atom. The van der Waals surface area contributed by atoms with Crippen LogP contribution in [-0.2, 0) is 9.59 Å². The van der Waals surface area contributed by atoms with E-state index in [1.54, 1.807) is 0 Å². The highest BCUT2D eigenvalue weighted by molar-refractivity contribution is 5.78. The van der Waals surface area contributed by atoms with Crippen LogP contribution in [0.4, 0.5) is 0 Å². The molecular formula is C10H14N2O3. The van der Waals surface area contributed by atoms with Gasteiger partial charge in [-0.15, -0.1) is 6.42 Å². The number of aliphatic carboxylic acids is 1. The summed E-state index contributed by atoms with van der Waals surface area (Å²) in [5, 5.41) is 11.3. The Morgan fingerprint density at radius 3 is 2.87 bits per heavy atom. The van der Waals surface area contributed by atoms with Crippen LogP contribution < -0.4 is 5.32 Å². The first-order valence-electron chi connectivity index (χ1n) is 4.79. The maximum absolute atomic E-state index is 11.2. The number of hydrogen-bond donors (Lipinski definition) is 2. The average molecular weight is 210 g/mol. The Morgan fingerprint density at radius 2 is 2.33 bits per heavy atom. The number of carbonyl (C=O) groups excluding carboxylic acids is 1. The van der Waals surface area contributed by atoms with Crippen LogP contribution in [0.3, 0.4) is 0 Å². The molecule has 82 valence electrons. The van der Waals surface area contributed by atoms with Gasteiger partial charge >= 0.3 is 5.97 Å². The van der Waals surface area contributed by atoms with Crippen LogP contribution in [0.15, 0.2) is 0 Å². The molecule has 0 spiro atoms. The van der Waals surface area contributed by atoms with E-state index in [0.717, 1.165) is 0 Å². The van der Waals surface area contributed by atoms with Crippen molar-refractivity contribution in [1.29, 1.82) is 0 Å². The van der Waals surface area contributed by atoms with E-state index >= 15 is 0 Å². The third-order valence-corrected chi connectivity index (χ3v) is 2.38. The van der Waals surface area contributed by atoms with E-state index in [2.05, 4.69) is 11.2 Å². The lowest BCUT2D eigenvalue weighted by Gasteiger charge is -2.13. The molecule has 15 heavy (non-hydrogen) atoms. The highest BCUT2D eigenvalue weighted by Gasteiger charge is 2.28. The number of likely N-dealkylation sites (tertiary alicyclic amines) is 1. The molecule has 0 saturated carbocycles. The van der Waals surface area contributed by atoms with Crippen molar-refractivity contribution in [3.05, 3.63) is 0 Å². The van der Waals surface area contributed by atoms with Crippen molar-refractivity contribution in [2.75, 3.05) is 26.2 Å². The molecule has 1 unspecified atom stereocenters. The van der Waals surface area contributed by atoms with Gasteiger partial charge < -0.3 is 10.4 Å². The fraction of sp³-hybridized carbons (Fsp3) is 0.600. The van der Waals surface area contributed by atoms with Gasteiger partial charge in [0.15, 0.2) is 0 Å². The average Bonchev–Trinajstić information content (AvgIpc) is 2.63. The number of nitrogens with one attached hydrogen (secondary N) is 1. The van der Waals surface area contributed by atoms with E-state index in [4.69, 9.17) is 11.5 Å². The quantitative estimate of drug-likeness (QED) is 0.592. The van der Waals surface area contributed by atoms with E-state index in [-0.39, 0.29) is 24.9 Å². The zero-order valence-corrected chi connectivity index (χ0v) is 8.40. The van der Waals surface area contributed by atoms with E-state index in [9.17, 15) is 9.59 Å². The highest BCUT2D eigenvalue weighted by atomic mass is 16.4. The Balaban J connectivity index is 2.27. The maximum atomic E-state index is 11.2. The number of carboxylic acids is 1. The second-order valence-electron chi connectivity index (χ2n) is 3.54. The van der Waals surface area contributed by atoms with Crippen LogP contribution in [-0.4, -0.2) is 48.1 Å². The first-order valence-corrected chi connectivity index (χ1v) is 4.79. The lowest BCUT2D eigenvalue weighted by Crippen LogP contribution is -2.36. The molecule has 0 aromatic carbocycles. The molecule has 2 N–H and O–H groups in total. The number of carbonyl (C=O) groups is 2. The van der Waals surface area contributed by atoms with Gasteiger partial charge in [0.2, 0.25) is 5.91 Å². The molecule has 0 aromatic rings. The van der Waals surface area contributed by atoms with Gasteiger partial charge in [0.05, 0.1) is 19.0 Å². The first-order chi connectivity index (χ1) is 7.13. The van der Waals surface area contributed by atoms with Gasteiger partial charge in [-0.25, -0.2) is 0 Å². The Labute approximate surface area is 88.4 Å². The second kappa shape index (κ2) is 5.37. The summed E-state index contributed by atoms with van der Waals surface area (Å²) in [4.78, 5) is 23.7. The summed E-state index contributed by atoms with van der Waals surface area (Å²) in [7, 11) is 0. The van der Waals surface area contributed by atoms with E-state index in [0.29, 0.717) is 19.5 Å². The molecule has 1 fully saturated rings. The summed E-state index contributed by atoms with van der Waals surface area (Å²) in [6.45, 7) is 1.54. The molecule has 0 radical (unpaired) electrons. The molecule has 0 aromatic heterocycles. The predicted octanol–water partition coefficient (Wildman–Crippen LogP) is -0.858. The molecular weight excluding hydrogens is 196 g/mol. The van der Waals surface area contributed by atoms with Crippen molar-refractivity contribution in [2.45, 2.75) is 6.42 Å². The minimum Gasteiger partial charge on any atom is -0.481 e. The predicted molar refractivity (Wildman–Crippen MR) is 54.0 cm³/mol. The number of amides is 1. The monoisotopic (exact) mass is 210 g/mol. The third kappa shape index (κ3) is 3.60. The molecule has 1 saturated heterocycles. The number of terminal acetylenes is 1. The van der Waals surface area contributed by atoms with Crippen molar-refractivity contribution in [3.8, 4) is 12.3 Å². The fourth-order valence-electron chi connectivity index (χ4n) is 1.59. The van der Waals surface area contributed by atoms with Crippen molar-refractivity contribution < 1.29 is 14.7 Å². The van der Waals surface area contributed by atoms with E-state index in [1.807, 2.05) is 4.90 Å². The number of nitrogens with zero attached hydrogens (tertiary/aromatic N) is 1. The molecule has 0 bridgehead atoms. The van der Waals surface area contributed by atoms with Crippen LogP contribution in [0.1, 0.15) is 6.42 Å². The molecule has 1 aliphatic heterocycles. The van der Waals surface area contributed by atoms with Gasteiger partial charge in [0, 0.05) is 6.54 Å². The minimum atomic E-state index is -0.790. The summed E-state index contributed by atoms with van der Waals surface area (Å²) in [6.07, 6.45) is 5.60. The fourth-order valence-corrected chi connectivity index (χ4v) is 1.59. The molecule has 1 heterocycles. The highest BCUT2D eigenvalue weighted by Crippen LogP contribution is 2.15. The van der Waals surface area contributed by atoms with Crippen LogP contribution in [0.25, 0.3) is 0 Å². The first kappa shape index (κ1) is 11.5. The van der Waals surface area contributed by atoms with Gasteiger partial charge in [0.1, 0.15) is 0 Å². The summed E-state index contributed by atoms with van der Waals surface area (Å²) in [5.74, 6) is 1.02. The smallest absolute Gasteiger partial charge is 0.307 e. The number of rotatable bonds is 4.